The Hall–Kier alpha value is -1.83. The molecule has 3 rings (SSSR count). The second-order valence-corrected chi connectivity index (χ2v) is 9.88. The standard InChI is InChI=1S/C23H40N4O4/c24-11-5-4-8-18(22(29)30)26-23(31)27-20(13-15-6-2-1-3-7-15)21(28)25-19-14-16-9-10-17(19)12-16/h15-20H,1-14,24H2,(H,25,28)(H,29,30)(H2,26,27,31)/t16?,17?,18?,19?,20-/m1/s1. The molecule has 0 heterocycles. The van der Waals surface area contributed by atoms with Crippen LogP contribution in [-0.2, 0) is 9.59 Å². The van der Waals surface area contributed by atoms with Crippen LogP contribution in [0.2, 0.25) is 0 Å². The lowest BCUT2D eigenvalue weighted by atomic mass is 9.84. The van der Waals surface area contributed by atoms with Gasteiger partial charge in [0.05, 0.1) is 0 Å². The van der Waals surface area contributed by atoms with E-state index in [1.807, 2.05) is 0 Å². The summed E-state index contributed by atoms with van der Waals surface area (Å²) in [5, 5.41) is 18.0. The molecule has 8 heteroatoms. The molecule has 0 saturated heterocycles. The highest BCUT2D eigenvalue weighted by Gasteiger charge is 2.41. The van der Waals surface area contributed by atoms with E-state index >= 15 is 0 Å². The molecule has 3 saturated carbocycles. The SMILES string of the molecule is NCCCCC(NC(=O)N[C@H](CC1CCCCC1)C(=O)NC1CC2CCC1C2)C(=O)O. The van der Waals surface area contributed by atoms with Crippen molar-refractivity contribution in [2.75, 3.05) is 6.54 Å². The highest BCUT2D eigenvalue weighted by Crippen LogP contribution is 2.44. The number of carbonyl (C=O) groups excluding carboxylic acids is 2. The summed E-state index contributed by atoms with van der Waals surface area (Å²) in [5.74, 6) is 0.533. The Morgan fingerprint density at radius 2 is 1.68 bits per heavy atom. The summed E-state index contributed by atoms with van der Waals surface area (Å²) in [5.41, 5.74) is 5.48. The number of fused-ring (bicyclic) bond motifs is 2. The molecule has 6 N–H and O–H groups in total. The maximum Gasteiger partial charge on any atom is 0.326 e. The number of rotatable bonds is 11. The number of carbonyl (C=O) groups is 3. The second kappa shape index (κ2) is 11.7. The molecule has 4 unspecified atom stereocenters. The number of aliphatic carboxylic acids is 1. The van der Waals surface area contributed by atoms with Crippen molar-refractivity contribution in [2.24, 2.45) is 23.5 Å². The van der Waals surface area contributed by atoms with Gasteiger partial charge in [0.2, 0.25) is 5.91 Å². The topological polar surface area (TPSA) is 134 Å². The van der Waals surface area contributed by atoms with Crippen LogP contribution in [0.3, 0.4) is 0 Å². The molecule has 3 aliphatic rings. The van der Waals surface area contributed by atoms with Crippen LogP contribution in [-0.4, -0.2) is 47.7 Å². The van der Waals surface area contributed by atoms with E-state index in [1.54, 1.807) is 0 Å². The van der Waals surface area contributed by atoms with Crippen LogP contribution in [0.1, 0.15) is 83.5 Å². The van der Waals surface area contributed by atoms with Crippen molar-refractivity contribution in [3.05, 3.63) is 0 Å². The first-order valence-corrected chi connectivity index (χ1v) is 12.3. The van der Waals surface area contributed by atoms with Gasteiger partial charge in [-0.2, -0.15) is 0 Å². The molecule has 3 fully saturated rings. The quantitative estimate of drug-likeness (QED) is 0.317. The first-order chi connectivity index (χ1) is 15.0. The van der Waals surface area contributed by atoms with Gasteiger partial charge < -0.3 is 26.8 Å². The van der Waals surface area contributed by atoms with Crippen LogP contribution in [0, 0.1) is 17.8 Å². The fraction of sp³-hybridized carbons (Fsp3) is 0.870. The van der Waals surface area contributed by atoms with E-state index in [0.717, 1.165) is 25.2 Å². The number of hydrogen-bond donors (Lipinski definition) is 5. The lowest BCUT2D eigenvalue weighted by Crippen LogP contribution is -2.55. The molecular weight excluding hydrogens is 396 g/mol. The van der Waals surface area contributed by atoms with E-state index in [-0.39, 0.29) is 11.9 Å². The van der Waals surface area contributed by atoms with E-state index in [2.05, 4.69) is 16.0 Å². The number of unbranched alkanes of at least 4 members (excludes halogenated alkanes) is 1. The summed E-state index contributed by atoms with van der Waals surface area (Å²) in [6, 6.07) is -1.96. The van der Waals surface area contributed by atoms with Gasteiger partial charge in [-0.15, -0.1) is 0 Å². The Morgan fingerprint density at radius 3 is 2.29 bits per heavy atom. The molecule has 0 aromatic rings. The molecule has 3 aliphatic carbocycles. The van der Waals surface area contributed by atoms with Crippen LogP contribution >= 0.6 is 0 Å². The predicted octanol–water partition coefficient (Wildman–Crippen LogP) is 2.51. The minimum absolute atomic E-state index is 0.117. The van der Waals surface area contributed by atoms with Crippen molar-refractivity contribution >= 4 is 17.9 Å². The molecule has 0 aliphatic heterocycles. The monoisotopic (exact) mass is 436 g/mol. The minimum Gasteiger partial charge on any atom is -0.480 e. The largest absolute Gasteiger partial charge is 0.480 e. The Morgan fingerprint density at radius 1 is 0.935 bits per heavy atom. The molecule has 2 bridgehead atoms. The molecule has 8 nitrogen and oxygen atoms in total. The summed E-state index contributed by atoms with van der Waals surface area (Å²) in [6.07, 6.45) is 12.7. The summed E-state index contributed by atoms with van der Waals surface area (Å²) < 4.78 is 0. The molecular formula is C23H40N4O4. The van der Waals surface area contributed by atoms with Crippen molar-refractivity contribution in [2.45, 2.75) is 102 Å². The first kappa shape index (κ1) is 23.8. The molecule has 0 spiro atoms. The highest BCUT2D eigenvalue weighted by molar-refractivity contribution is 5.89. The van der Waals surface area contributed by atoms with E-state index in [1.165, 1.54) is 38.5 Å². The van der Waals surface area contributed by atoms with Crippen LogP contribution in [0.4, 0.5) is 4.79 Å². The van der Waals surface area contributed by atoms with Gasteiger partial charge in [0.25, 0.3) is 0 Å². The third-order valence-electron chi connectivity index (χ3n) is 7.53. The maximum atomic E-state index is 13.1. The van der Waals surface area contributed by atoms with Crippen LogP contribution in [0.15, 0.2) is 0 Å². The third kappa shape index (κ3) is 7.09. The molecule has 0 radical (unpaired) electrons. The minimum atomic E-state index is -1.07. The Balaban J connectivity index is 1.57. The normalized spacial score (nSPS) is 27.5. The maximum absolute atomic E-state index is 13.1. The number of nitrogens with two attached hydrogens (primary N) is 1. The number of urea groups is 1. The van der Waals surface area contributed by atoms with Gasteiger partial charge in [-0.05, 0) is 69.2 Å². The number of nitrogens with one attached hydrogen (secondary N) is 3. The predicted molar refractivity (Wildman–Crippen MR) is 118 cm³/mol. The molecule has 5 atom stereocenters. The fourth-order valence-electron chi connectivity index (χ4n) is 5.80. The fourth-order valence-corrected chi connectivity index (χ4v) is 5.80. The zero-order valence-electron chi connectivity index (χ0n) is 18.6. The molecule has 31 heavy (non-hydrogen) atoms. The van der Waals surface area contributed by atoms with E-state index < -0.39 is 24.1 Å². The third-order valence-corrected chi connectivity index (χ3v) is 7.53. The Labute approximate surface area is 185 Å². The lowest BCUT2D eigenvalue weighted by molar-refractivity contribution is -0.139. The molecule has 176 valence electrons. The lowest BCUT2D eigenvalue weighted by Gasteiger charge is -2.29. The van der Waals surface area contributed by atoms with Crippen LogP contribution in [0.5, 0.6) is 0 Å². The van der Waals surface area contributed by atoms with Crippen molar-refractivity contribution in [1.82, 2.24) is 16.0 Å². The van der Waals surface area contributed by atoms with Crippen LogP contribution in [0.25, 0.3) is 0 Å². The van der Waals surface area contributed by atoms with Gasteiger partial charge in [0, 0.05) is 6.04 Å². The number of carboxylic acid groups (broad SMARTS) is 1. The summed E-state index contributed by atoms with van der Waals surface area (Å²) in [6.45, 7) is 0.491. The Kier molecular flexibility index (Phi) is 8.99. The number of hydrogen-bond acceptors (Lipinski definition) is 4. The van der Waals surface area contributed by atoms with Gasteiger partial charge >= 0.3 is 12.0 Å². The average Bonchev–Trinajstić information content (AvgIpc) is 3.36. The van der Waals surface area contributed by atoms with E-state index in [0.29, 0.717) is 44.1 Å². The smallest absolute Gasteiger partial charge is 0.326 e. The molecule has 0 aromatic carbocycles. The van der Waals surface area contributed by atoms with Crippen molar-refractivity contribution in [1.29, 1.82) is 0 Å². The number of carboxylic acids is 1. The van der Waals surface area contributed by atoms with E-state index in [9.17, 15) is 19.5 Å². The molecule has 3 amide bonds. The second-order valence-electron chi connectivity index (χ2n) is 9.88. The summed E-state index contributed by atoms with van der Waals surface area (Å²) in [4.78, 5) is 37.3. The van der Waals surface area contributed by atoms with Gasteiger partial charge in [0.15, 0.2) is 0 Å². The van der Waals surface area contributed by atoms with Crippen molar-refractivity contribution < 1.29 is 19.5 Å². The summed E-state index contributed by atoms with van der Waals surface area (Å²) in [7, 11) is 0. The number of amides is 3. The first-order valence-electron chi connectivity index (χ1n) is 12.3. The average molecular weight is 437 g/mol. The zero-order chi connectivity index (χ0) is 22.2. The Bertz CT molecular complexity index is 623. The van der Waals surface area contributed by atoms with Crippen LogP contribution < -0.4 is 21.7 Å². The van der Waals surface area contributed by atoms with Gasteiger partial charge in [-0.3, -0.25) is 4.79 Å². The highest BCUT2D eigenvalue weighted by atomic mass is 16.4. The van der Waals surface area contributed by atoms with Gasteiger partial charge in [0.1, 0.15) is 12.1 Å². The van der Waals surface area contributed by atoms with Gasteiger partial charge in [-0.25, -0.2) is 9.59 Å². The summed E-state index contributed by atoms with van der Waals surface area (Å²) >= 11 is 0. The zero-order valence-corrected chi connectivity index (χ0v) is 18.6. The van der Waals surface area contributed by atoms with Crippen molar-refractivity contribution in [3.63, 3.8) is 0 Å². The molecule has 0 aromatic heterocycles. The van der Waals surface area contributed by atoms with E-state index in [4.69, 9.17) is 5.73 Å². The van der Waals surface area contributed by atoms with Gasteiger partial charge in [-0.1, -0.05) is 38.5 Å². The van der Waals surface area contributed by atoms with Crippen molar-refractivity contribution in [3.8, 4) is 0 Å².